The van der Waals surface area contributed by atoms with E-state index in [1.54, 1.807) is 12.1 Å². The highest BCUT2D eigenvalue weighted by atomic mass is 32.2. The SMILES string of the molecule is Cc1ccc(SC2=C(N(C)C3CCCCC3)C(=O)N(c3ccccc3F)C2=O)cc1. The lowest BCUT2D eigenvalue weighted by Crippen LogP contribution is -2.39. The van der Waals surface area contributed by atoms with E-state index in [1.165, 1.54) is 30.3 Å². The second-order valence-corrected chi connectivity index (χ2v) is 8.98. The third kappa shape index (κ3) is 3.88. The summed E-state index contributed by atoms with van der Waals surface area (Å²) in [5.41, 5.74) is 1.50. The molecule has 2 aliphatic rings. The molecule has 0 aromatic heterocycles. The lowest BCUT2D eigenvalue weighted by Gasteiger charge is -2.33. The number of carbonyl (C=O) groups is 2. The summed E-state index contributed by atoms with van der Waals surface area (Å²) in [5.74, 6) is -1.50. The van der Waals surface area contributed by atoms with Crippen LogP contribution < -0.4 is 4.90 Å². The number of carbonyl (C=O) groups excluding carboxylic acids is 2. The zero-order valence-corrected chi connectivity index (χ0v) is 18.0. The van der Waals surface area contributed by atoms with Crippen molar-refractivity contribution in [2.75, 3.05) is 11.9 Å². The van der Waals surface area contributed by atoms with Crippen LogP contribution in [-0.4, -0.2) is 29.8 Å². The minimum Gasteiger partial charge on any atom is -0.366 e. The van der Waals surface area contributed by atoms with Crippen molar-refractivity contribution >= 4 is 29.3 Å². The van der Waals surface area contributed by atoms with E-state index in [0.29, 0.717) is 10.6 Å². The Morgan fingerprint density at radius 2 is 1.63 bits per heavy atom. The van der Waals surface area contributed by atoms with E-state index in [0.717, 1.165) is 41.0 Å². The normalized spacial score (nSPS) is 17.8. The molecule has 0 atom stereocenters. The van der Waals surface area contributed by atoms with Crippen molar-refractivity contribution in [3.8, 4) is 0 Å². The van der Waals surface area contributed by atoms with E-state index in [4.69, 9.17) is 0 Å². The van der Waals surface area contributed by atoms with Gasteiger partial charge in [0.25, 0.3) is 11.8 Å². The van der Waals surface area contributed by atoms with E-state index in [9.17, 15) is 14.0 Å². The molecular formula is C24H25FN2O2S. The lowest BCUT2D eigenvalue weighted by molar-refractivity contribution is -0.121. The Bertz CT molecular complexity index is 997. The number of nitrogens with zero attached hydrogens (tertiary/aromatic N) is 2. The van der Waals surface area contributed by atoms with Crippen LogP contribution in [-0.2, 0) is 9.59 Å². The van der Waals surface area contributed by atoms with Gasteiger partial charge >= 0.3 is 0 Å². The van der Waals surface area contributed by atoms with Crippen molar-refractivity contribution in [2.45, 2.75) is 50.0 Å². The first-order chi connectivity index (χ1) is 14.5. The summed E-state index contributed by atoms with van der Waals surface area (Å²) in [6, 6.07) is 14.0. The van der Waals surface area contributed by atoms with Crippen LogP contribution in [0.15, 0.2) is 64.0 Å². The average Bonchev–Trinajstić information content (AvgIpc) is 3.00. The lowest BCUT2D eigenvalue weighted by atomic mass is 9.94. The monoisotopic (exact) mass is 424 g/mol. The first kappa shape index (κ1) is 20.7. The zero-order chi connectivity index (χ0) is 21.3. The molecule has 1 saturated carbocycles. The Balaban J connectivity index is 1.75. The summed E-state index contributed by atoms with van der Waals surface area (Å²) in [5, 5.41) is 0. The molecule has 0 bridgehead atoms. The predicted octanol–water partition coefficient (Wildman–Crippen LogP) is 5.28. The second-order valence-electron chi connectivity index (χ2n) is 7.89. The van der Waals surface area contributed by atoms with Gasteiger partial charge < -0.3 is 4.90 Å². The smallest absolute Gasteiger partial charge is 0.283 e. The average molecular weight is 425 g/mol. The maximum atomic E-state index is 14.5. The summed E-state index contributed by atoms with van der Waals surface area (Å²) in [4.78, 5) is 31.0. The Labute approximate surface area is 180 Å². The highest BCUT2D eigenvalue weighted by Gasteiger charge is 2.43. The van der Waals surface area contributed by atoms with E-state index < -0.39 is 17.6 Å². The Hall–Kier alpha value is -2.60. The molecular weight excluding hydrogens is 399 g/mol. The number of rotatable bonds is 5. The summed E-state index contributed by atoms with van der Waals surface area (Å²) in [6.45, 7) is 2.00. The van der Waals surface area contributed by atoms with Gasteiger partial charge in [0.1, 0.15) is 16.4 Å². The van der Waals surface area contributed by atoms with E-state index in [-0.39, 0.29) is 11.7 Å². The van der Waals surface area contributed by atoms with Crippen molar-refractivity contribution < 1.29 is 14.0 Å². The molecule has 2 aromatic carbocycles. The van der Waals surface area contributed by atoms with Crippen LogP contribution in [0, 0.1) is 12.7 Å². The van der Waals surface area contributed by atoms with Gasteiger partial charge in [-0.25, -0.2) is 9.29 Å². The molecule has 0 saturated heterocycles. The van der Waals surface area contributed by atoms with Gasteiger partial charge in [0.2, 0.25) is 0 Å². The Morgan fingerprint density at radius 3 is 2.30 bits per heavy atom. The molecule has 30 heavy (non-hydrogen) atoms. The molecule has 0 radical (unpaired) electrons. The van der Waals surface area contributed by atoms with Gasteiger partial charge in [0, 0.05) is 18.0 Å². The number of amides is 2. The van der Waals surface area contributed by atoms with Crippen LogP contribution in [0.2, 0.25) is 0 Å². The molecule has 0 N–H and O–H groups in total. The number of likely N-dealkylation sites (N-methyl/N-ethyl adjacent to an activating group) is 1. The number of para-hydroxylation sites is 1. The fourth-order valence-corrected chi connectivity index (χ4v) is 5.14. The van der Waals surface area contributed by atoms with Crippen molar-refractivity contribution in [1.29, 1.82) is 0 Å². The Kier molecular flexibility index (Phi) is 5.95. The van der Waals surface area contributed by atoms with Gasteiger partial charge in [-0.15, -0.1) is 0 Å². The molecule has 1 aliphatic carbocycles. The minimum atomic E-state index is -0.583. The Morgan fingerprint density at radius 1 is 0.967 bits per heavy atom. The quantitative estimate of drug-likeness (QED) is 0.613. The molecule has 6 heteroatoms. The fourth-order valence-electron chi connectivity index (χ4n) is 4.13. The van der Waals surface area contributed by atoms with Crippen molar-refractivity contribution in [2.24, 2.45) is 0 Å². The molecule has 1 aliphatic heterocycles. The van der Waals surface area contributed by atoms with Crippen molar-refractivity contribution in [3.63, 3.8) is 0 Å². The number of hydrogen-bond acceptors (Lipinski definition) is 4. The molecule has 1 heterocycles. The van der Waals surface area contributed by atoms with Crippen molar-refractivity contribution in [3.05, 3.63) is 70.5 Å². The first-order valence-electron chi connectivity index (χ1n) is 10.3. The zero-order valence-electron chi connectivity index (χ0n) is 17.2. The molecule has 4 rings (SSSR count). The van der Waals surface area contributed by atoms with Gasteiger partial charge in [-0.05, 0) is 44.0 Å². The number of thioether (sulfide) groups is 1. The van der Waals surface area contributed by atoms with E-state index >= 15 is 0 Å². The van der Waals surface area contributed by atoms with Gasteiger partial charge in [-0.1, -0.05) is 60.9 Å². The number of benzene rings is 2. The van der Waals surface area contributed by atoms with Crippen LogP contribution in [0.25, 0.3) is 0 Å². The molecule has 4 nitrogen and oxygen atoms in total. The van der Waals surface area contributed by atoms with Crippen LogP contribution >= 0.6 is 11.8 Å². The number of hydrogen-bond donors (Lipinski definition) is 0. The molecule has 2 amide bonds. The third-order valence-electron chi connectivity index (χ3n) is 5.83. The van der Waals surface area contributed by atoms with Crippen LogP contribution in [0.5, 0.6) is 0 Å². The van der Waals surface area contributed by atoms with E-state index in [2.05, 4.69) is 0 Å². The summed E-state index contributed by atoms with van der Waals surface area (Å²) in [6.07, 6.45) is 5.40. The molecule has 1 fully saturated rings. The van der Waals surface area contributed by atoms with Gasteiger partial charge in [0.15, 0.2) is 0 Å². The molecule has 156 valence electrons. The highest BCUT2D eigenvalue weighted by molar-refractivity contribution is 8.04. The van der Waals surface area contributed by atoms with Gasteiger partial charge in [-0.2, -0.15) is 0 Å². The van der Waals surface area contributed by atoms with Gasteiger partial charge in [-0.3, -0.25) is 9.59 Å². The minimum absolute atomic E-state index is 0.00144. The highest BCUT2D eigenvalue weighted by Crippen LogP contribution is 2.40. The maximum Gasteiger partial charge on any atom is 0.283 e. The molecule has 0 unspecified atom stereocenters. The number of aryl methyl sites for hydroxylation is 1. The predicted molar refractivity (Wildman–Crippen MR) is 118 cm³/mol. The summed E-state index contributed by atoms with van der Waals surface area (Å²) in [7, 11) is 1.89. The van der Waals surface area contributed by atoms with Crippen LogP contribution in [0.4, 0.5) is 10.1 Å². The van der Waals surface area contributed by atoms with Crippen LogP contribution in [0.3, 0.4) is 0 Å². The second kappa shape index (κ2) is 8.64. The number of anilines is 1. The molecule has 0 spiro atoms. The standard InChI is InChI=1S/C24H25FN2O2S/c1-16-12-14-18(15-13-16)30-22-21(26(2)17-8-4-3-5-9-17)23(28)27(24(22)29)20-11-7-6-10-19(20)25/h6-7,10-15,17H,3-5,8-9H2,1-2H3. The van der Waals surface area contributed by atoms with Crippen LogP contribution in [0.1, 0.15) is 37.7 Å². The molecule has 2 aromatic rings. The number of imide groups is 1. The first-order valence-corrected chi connectivity index (χ1v) is 11.1. The fraction of sp³-hybridized carbons (Fsp3) is 0.333. The number of halogens is 1. The summed E-state index contributed by atoms with van der Waals surface area (Å²) < 4.78 is 14.5. The summed E-state index contributed by atoms with van der Waals surface area (Å²) >= 11 is 1.28. The third-order valence-corrected chi connectivity index (χ3v) is 6.91. The maximum absolute atomic E-state index is 14.5. The van der Waals surface area contributed by atoms with Crippen molar-refractivity contribution in [1.82, 2.24) is 4.90 Å². The topological polar surface area (TPSA) is 40.6 Å². The van der Waals surface area contributed by atoms with E-state index in [1.807, 2.05) is 43.1 Å². The van der Waals surface area contributed by atoms with Gasteiger partial charge in [0.05, 0.1) is 5.69 Å². The largest absolute Gasteiger partial charge is 0.366 e.